The molecule has 0 aliphatic rings. The van der Waals surface area contributed by atoms with Gasteiger partial charge in [0.2, 0.25) is 0 Å². The first-order valence-corrected chi connectivity index (χ1v) is 10.3. The van der Waals surface area contributed by atoms with Crippen molar-refractivity contribution in [1.29, 1.82) is 0 Å². The van der Waals surface area contributed by atoms with Crippen LogP contribution in [0.15, 0.2) is 109 Å². The number of hydrogen-bond acceptors (Lipinski definition) is 3. The van der Waals surface area contributed by atoms with Crippen LogP contribution in [0.4, 0.5) is 0 Å². The predicted octanol–water partition coefficient (Wildman–Crippen LogP) is 5.48. The van der Waals surface area contributed by atoms with Gasteiger partial charge in [-0.1, -0.05) is 60.1 Å². The molecule has 0 saturated carbocycles. The highest BCUT2D eigenvalue weighted by atomic mass is 16.6. The number of hydrogen-bond donors (Lipinski definition) is 0. The van der Waals surface area contributed by atoms with E-state index >= 15 is 0 Å². The Balaban J connectivity index is 1.37. The van der Waals surface area contributed by atoms with Crippen LogP contribution in [-0.2, 0) is 4.74 Å². The minimum Gasteiger partial charge on any atom is -0.386 e. The fourth-order valence-electron chi connectivity index (χ4n) is 2.91. The molecule has 0 amide bonds. The summed E-state index contributed by atoms with van der Waals surface area (Å²) in [7, 11) is 0. The van der Waals surface area contributed by atoms with Crippen LogP contribution in [-0.4, -0.2) is 11.9 Å². The standard InChI is InChI=1S/C30H18O3/c31-29(27-19-15-25(16-20-27)13-11-23-7-3-1-4-8-23)33-30(32)28-21-17-26(18-22-28)14-12-24-9-5-2-6-10-24/h1-10,15-22H. The first-order valence-electron chi connectivity index (χ1n) is 10.3. The first kappa shape index (κ1) is 21.4. The summed E-state index contributed by atoms with van der Waals surface area (Å²) >= 11 is 0. The second-order valence-corrected chi connectivity index (χ2v) is 7.06. The van der Waals surface area contributed by atoms with Gasteiger partial charge in [-0.3, -0.25) is 0 Å². The van der Waals surface area contributed by atoms with E-state index in [9.17, 15) is 9.59 Å². The summed E-state index contributed by atoms with van der Waals surface area (Å²) in [6.07, 6.45) is 0. The van der Waals surface area contributed by atoms with Crippen LogP contribution in [0.3, 0.4) is 0 Å². The summed E-state index contributed by atoms with van der Waals surface area (Å²) in [5, 5.41) is 0. The van der Waals surface area contributed by atoms with Crippen LogP contribution < -0.4 is 0 Å². The third kappa shape index (κ3) is 6.07. The molecule has 4 rings (SSSR count). The quantitative estimate of drug-likeness (QED) is 0.242. The molecule has 3 heteroatoms. The number of rotatable bonds is 2. The fraction of sp³-hybridized carbons (Fsp3) is 0. The van der Waals surface area contributed by atoms with E-state index in [-0.39, 0.29) is 11.1 Å². The Morgan fingerprint density at radius 3 is 1.06 bits per heavy atom. The third-order valence-electron chi connectivity index (χ3n) is 4.68. The van der Waals surface area contributed by atoms with Crippen LogP contribution in [0.25, 0.3) is 0 Å². The maximum Gasteiger partial charge on any atom is 0.346 e. The van der Waals surface area contributed by atoms with Crippen molar-refractivity contribution in [2.24, 2.45) is 0 Å². The Labute approximate surface area is 192 Å². The molecular formula is C30H18O3. The number of carbonyl (C=O) groups is 2. The lowest BCUT2D eigenvalue weighted by Gasteiger charge is -2.03. The smallest absolute Gasteiger partial charge is 0.346 e. The SMILES string of the molecule is O=C(OC(=O)c1ccc(C#Cc2ccccc2)cc1)c1ccc(C#Cc2ccccc2)cc1. The Morgan fingerprint density at radius 1 is 0.424 bits per heavy atom. The molecule has 0 radical (unpaired) electrons. The van der Waals surface area contributed by atoms with Gasteiger partial charge in [-0.2, -0.15) is 0 Å². The summed E-state index contributed by atoms with van der Waals surface area (Å²) < 4.78 is 5.01. The van der Waals surface area contributed by atoms with Crippen LogP contribution in [0, 0.1) is 23.7 Å². The average molecular weight is 426 g/mol. The molecule has 0 aromatic heterocycles. The zero-order chi connectivity index (χ0) is 22.9. The molecule has 0 unspecified atom stereocenters. The zero-order valence-corrected chi connectivity index (χ0v) is 17.6. The second kappa shape index (κ2) is 10.4. The van der Waals surface area contributed by atoms with E-state index < -0.39 is 11.9 Å². The predicted molar refractivity (Wildman–Crippen MR) is 127 cm³/mol. The molecule has 0 saturated heterocycles. The summed E-state index contributed by atoms with van der Waals surface area (Å²) in [5.74, 6) is 10.8. The molecule has 0 bridgehead atoms. The molecule has 0 aliphatic carbocycles. The zero-order valence-electron chi connectivity index (χ0n) is 17.6. The monoisotopic (exact) mass is 426 g/mol. The van der Waals surface area contributed by atoms with E-state index in [0.717, 1.165) is 22.3 Å². The van der Waals surface area contributed by atoms with Crippen molar-refractivity contribution in [3.8, 4) is 23.7 Å². The average Bonchev–Trinajstić information content (AvgIpc) is 2.88. The van der Waals surface area contributed by atoms with Crippen molar-refractivity contribution in [2.45, 2.75) is 0 Å². The van der Waals surface area contributed by atoms with E-state index in [0.29, 0.717) is 0 Å². The van der Waals surface area contributed by atoms with Gasteiger partial charge in [-0.15, -0.1) is 0 Å². The number of carbonyl (C=O) groups excluding carboxylic acids is 2. The second-order valence-electron chi connectivity index (χ2n) is 7.06. The van der Waals surface area contributed by atoms with E-state index in [1.165, 1.54) is 0 Å². The molecule has 0 spiro atoms. The molecule has 0 N–H and O–H groups in total. The summed E-state index contributed by atoms with van der Waals surface area (Å²) in [4.78, 5) is 24.7. The largest absolute Gasteiger partial charge is 0.386 e. The van der Waals surface area contributed by atoms with Gasteiger partial charge < -0.3 is 4.74 Å². The summed E-state index contributed by atoms with van der Waals surface area (Å²) in [5.41, 5.74) is 3.88. The maximum absolute atomic E-state index is 12.3. The normalized spacial score (nSPS) is 9.58. The molecule has 0 atom stereocenters. The summed E-state index contributed by atoms with van der Waals surface area (Å²) in [6, 6.07) is 32.5. The molecule has 0 fully saturated rings. The topological polar surface area (TPSA) is 43.4 Å². The lowest BCUT2D eigenvalue weighted by molar-refractivity contribution is 0.0398. The van der Waals surface area contributed by atoms with Gasteiger partial charge in [0.15, 0.2) is 0 Å². The molecular weight excluding hydrogens is 408 g/mol. The molecule has 0 heterocycles. The third-order valence-corrected chi connectivity index (χ3v) is 4.68. The first-order chi connectivity index (χ1) is 16.2. The molecule has 3 nitrogen and oxygen atoms in total. The summed E-state index contributed by atoms with van der Waals surface area (Å²) in [6.45, 7) is 0. The highest BCUT2D eigenvalue weighted by molar-refractivity contribution is 6.02. The van der Waals surface area contributed by atoms with E-state index in [4.69, 9.17) is 4.74 Å². The van der Waals surface area contributed by atoms with Crippen molar-refractivity contribution in [2.75, 3.05) is 0 Å². The van der Waals surface area contributed by atoms with Crippen LogP contribution in [0.1, 0.15) is 43.0 Å². The van der Waals surface area contributed by atoms with Crippen molar-refractivity contribution < 1.29 is 14.3 Å². The van der Waals surface area contributed by atoms with Crippen molar-refractivity contribution in [1.82, 2.24) is 0 Å². The van der Waals surface area contributed by atoms with Gasteiger partial charge in [0, 0.05) is 22.3 Å². The van der Waals surface area contributed by atoms with E-state index in [2.05, 4.69) is 23.7 Å². The van der Waals surface area contributed by atoms with Crippen molar-refractivity contribution in [3.63, 3.8) is 0 Å². The maximum atomic E-state index is 12.3. The number of esters is 2. The highest BCUT2D eigenvalue weighted by Crippen LogP contribution is 2.10. The van der Waals surface area contributed by atoms with Gasteiger partial charge in [0.1, 0.15) is 0 Å². The molecule has 33 heavy (non-hydrogen) atoms. The minimum atomic E-state index is -0.712. The Morgan fingerprint density at radius 2 is 0.727 bits per heavy atom. The number of ether oxygens (including phenoxy) is 1. The molecule has 4 aromatic carbocycles. The van der Waals surface area contributed by atoms with Gasteiger partial charge in [0.05, 0.1) is 11.1 Å². The Bertz CT molecular complexity index is 1270. The lowest BCUT2D eigenvalue weighted by Crippen LogP contribution is -2.12. The van der Waals surface area contributed by atoms with Crippen LogP contribution in [0.5, 0.6) is 0 Å². The Hall–Kier alpha value is -4.86. The van der Waals surface area contributed by atoms with Crippen LogP contribution in [0.2, 0.25) is 0 Å². The Kier molecular flexibility index (Phi) is 6.76. The van der Waals surface area contributed by atoms with E-state index in [1.54, 1.807) is 48.5 Å². The van der Waals surface area contributed by atoms with Crippen LogP contribution >= 0.6 is 0 Å². The molecule has 0 aliphatic heterocycles. The van der Waals surface area contributed by atoms with Gasteiger partial charge in [0.25, 0.3) is 0 Å². The van der Waals surface area contributed by atoms with Crippen molar-refractivity contribution >= 4 is 11.9 Å². The molecule has 4 aromatic rings. The van der Waals surface area contributed by atoms with Gasteiger partial charge in [-0.05, 0) is 72.8 Å². The molecule has 156 valence electrons. The minimum absolute atomic E-state index is 0.277. The van der Waals surface area contributed by atoms with Gasteiger partial charge >= 0.3 is 11.9 Å². The van der Waals surface area contributed by atoms with Gasteiger partial charge in [-0.25, -0.2) is 9.59 Å². The van der Waals surface area contributed by atoms with E-state index in [1.807, 2.05) is 60.7 Å². The lowest BCUT2D eigenvalue weighted by atomic mass is 10.1. The highest BCUT2D eigenvalue weighted by Gasteiger charge is 2.14. The fourth-order valence-corrected chi connectivity index (χ4v) is 2.91. The number of benzene rings is 4. The van der Waals surface area contributed by atoms with Crippen molar-refractivity contribution in [3.05, 3.63) is 143 Å².